The lowest BCUT2D eigenvalue weighted by Gasteiger charge is -2.34. The van der Waals surface area contributed by atoms with Crippen LogP contribution in [0.4, 0.5) is 10.1 Å². The molecule has 0 saturated carbocycles. The lowest BCUT2D eigenvalue weighted by Crippen LogP contribution is -2.54. The predicted molar refractivity (Wildman–Crippen MR) is 155 cm³/mol. The fraction of sp³-hybridized carbons (Fsp3) is 0.310. The molecule has 1 N–H and O–H groups in total. The molecular weight excluding hydrogens is 585 g/mol. The van der Waals surface area contributed by atoms with Gasteiger partial charge < -0.3 is 10.2 Å². The van der Waals surface area contributed by atoms with Gasteiger partial charge in [-0.15, -0.1) is 0 Å². The topological polar surface area (TPSA) is 86.8 Å². The number of sulfonamides is 1. The standard InChI is InChI=1S/C29H33BrFN3O4S/c1-4-21(2)32-29(36)27(18-22-10-6-5-7-11-22)33(19-23-14-16-24(30)17-15-23)28(35)20-34(39(3,37)38)26-13-9-8-12-25(26)31/h5-17,21,27H,4,18-20H2,1-3H3,(H,32,36)/t21-,27+/m0/s1. The van der Waals surface area contributed by atoms with E-state index in [0.29, 0.717) is 6.42 Å². The van der Waals surface area contributed by atoms with Gasteiger partial charge >= 0.3 is 0 Å². The highest BCUT2D eigenvalue weighted by Crippen LogP contribution is 2.23. The van der Waals surface area contributed by atoms with Gasteiger partial charge in [-0.1, -0.05) is 77.5 Å². The van der Waals surface area contributed by atoms with Crippen LogP contribution in [0.3, 0.4) is 0 Å². The van der Waals surface area contributed by atoms with E-state index in [2.05, 4.69) is 21.2 Å². The summed E-state index contributed by atoms with van der Waals surface area (Å²) in [5.41, 5.74) is 1.35. The minimum Gasteiger partial charge on any atom is -0.352 e. The molecule has 3 rings (SSSR count). The number of hydrogen-bond acceptors (Lipinski definition) is 4. The van der Waals surface area contributed by atoms with Gasteiger partial charge in [0.2, 0.25) is 21.8 Å². The minimum absolute atomic E-state index is 0.0480. The van der Waals surface area contributed by atoms with E-state index in [9.17, 15) is 22.4 Å². The summed E-state index contributed by atoms with van der Waals surface area (Å²) in [5.74, 6) is -1.76. The molecule has 0 bridgehead atoms. The first-order valence-electron chi connectivity index (χ1n) is 12.6. The van der Waals surface area contributed by atoms with Crippen LogP contribution in [0, 0.1) is 5.82 Å². The van der Waals surface area contributed by atoms with Crippen molar-refractivity contribution in [1.82, 2.24) is 10.2 Å². The van der Waals surface area contributed by atoms with Crippen molar-refractivity contribution < 1.29 is 22.4 Å². The molecule has 2 atom stereocenters. The second kappa shape index (κ2) is 13.7. The van der Waals surface area contributed by atoms with Crippen LogP contribution in [0.1, 0.15) is 31.4 Å². The van der Waals surface area contributed by atoms with Crippen molar-refractivity contribution in [2.45, 2.75) is 45.3 Å². The number of nitrogens with one attached hydrogen (secondary N) is 1. The Hall–Kier alpha value is -3.24. The molecule has 0 fully saturated rings. The smallest absolute Gasteiger partial charge is 0.244 e. The molecule has 208 valence electrons. The number of rotatable bonds is 12. The summed E-state index contributed by atoms with van der Waals surface area (Å²) in [6.07, 6.45) is 1.83. The Morgan fingerprint density at radius 2 is 1.56 bits per heavy atom. The van der Waals surface area contributed by atoms with Gasteiger partial charge in [0.25, 0.3) is 0 Å². The number of amides is 2. The number of hydrogen-bond donors (Lipinski definition) is 1. The first-order chi connectivity index (χ1) is 18.5. The van der Waals surface area contributed by atoms with E-state index < -0.39 is 34.3 Å². The van der Waals surface area contributed by atoms with Crippen LogP contribution in [0.5, 0.6) is 0 Å². The lowest BCUT2D eigenvalue weighted by atomic mass is 10.0. The van der Waals surface area contributed by atoms with Crippen LogP contribution in [-0.2, 0) is 32.6 Å². The monoisotopic (exact) mass is 617 g/mol. The quantitative estimate of drug-likeness (QED) is 0.313. The molecule has 0 aromatic heterocycles. The molecule has 10 heteroatoms. The minimum atomic E-state index is -4.04. The number of para-hydroxylation sites is 1. The number of nitrogens with zero attached hydrogens (tertiary/aromatic N) is 2. The average molecular weight is 619 g/mol. The normalized spacial score (nSPS) is 12.8. The number of benzene rings is 3. The van der Waals surface area contributed by atoms with Crippen molar-refractivity contribution in [3.05, 3.63) is 100 Å². The number of anilines is 1. The molecule has 0 spiro atoms. The zero-order chi connectivity index (χ0) is 28.6. The molecule has 0 unspecified atom stereocenters. The van der Waals surface area contributed by atoms with Crippen molar-refractivity contribution in [2.24, 2.45) is 0 Å². The van der Waals surface area contributed by atoms with E-state index in [1.54, 1.807) is 0 Å². The Bertz CT molecular complexity index is 1370. The maximum atomic E-state index is 14.7. The highest BCUT2D eigenvalue weighted by atomic mass is 79.9. The highest BCUT2D eigenvalue weighted by Gasteiger charge is 2.34. The van der Waals surface area contributed by atoms with E-state index in [0.717, 1.165) is 32.2 Å². The molecule has 0 aliphatic carbocycles. The summed E-state index contributed by atoms with van der Waals surface area (Å²) in [6, 6.07) is 20.9. The lowest BCUT2D eigenvalue weighted by molar-refractivity contribution is -0.140. The van der Waals surface area contributed by atoms with Crippen molar-refractivity contribution in [3.63, 3.8) is 0 Å². The fourth-order valence-electron chi connectivity index (χ4n) is 4.03. The molecule has 0 aliphatic rings. The second-order valence-electron chi connectivity index (χ2n) is 9.39. The average Bonchev–Trinajstić information content (AvgIpc) is 2.90. The van der Waals surface area contributed by atoms with Gasteiger partial charge in [0.05, 0.1) is 11.9 Å². The van der Waals surface area contributed by atoms with Crippen LogP contribution >= 0.6 is 15.9 Å². The number of halogens is 2. The first-order valence-corrected chi connectivity index (χ1v) is 15.2. The molecule has 0 saturated heterocycles. The predicted octanol–water partition coefficient (Wildman–Crippen LogP) is 4.91. The molecular formula is C29H33BrFN3O4S. The van der Waals surface area contributed by atoms with Gasteiger partial charge in [-0.2, -0.15) is 0 Å². The Labute approximate surface area is 238 Å². The first kappa shape index (κ1) is 30.3. The number of carbonyl (C=O) groups excluding carboxylic acids is 2. The van der Waals surface area contributed by atoms with Gasteiger partial charge in [0, 0.05) is 23.5 Å². The summed E-state index contributed by atoms with van der Waals surface area (Å²) in [6.45, 7) is 3.20. The molecule has 7 nitrogen and oxygen atoms in total. The van der Waals surface area contributed by atoms with Crippen LogP contribution in [0.15, 0.2) is 83.3 Å². The third kappa shape index (κ3) is 8.63. The SMILES string of the molecule is CC[C@H](C)NC(=O)[C@@H](Cc1ccccc1)N(Cc1ccc(Br)cc1)C(=O)CN(c1ccccc1F)S(C)(=O)=O. The molecule has 0 aliphatic heterocycles. The molecule has 0 heterocycles. The molecule has 2 amide bonds. The van der Waals surface area contributed by atoms with Crippen molar-refractivity contribution in [2.75, 3.05) is 17.1 Å². The summed E-state index contributed by atoms with van der Waals surface area (Å²) < 4.78 is 41.7. The van der Waals surface area contributed by atoms with Gasteiger partial charge in [-0.25, -0.2) is 12.8 Å². The zero-order valence-electron chi connectivity index (χ0n) is 22.2. The van der Waals surface area contributed by atoms with Crippen LogP contribution < -0.4 is 9.62 Å². The molecule has 39 heavy (non-hydrogen) atoms. The van der Waals surface area contributed by atoms with E-state index >= 15 is 0 Å². The second-order valence-corrected chi connectivity index (χ2v) is 12.2. The van der Waals surface area contributed by atoms with Gasteiger partial charge in [-0.05, 0) is 48.7 Å². The molecule has 3 aromatic carbocycles. The van der Waals surface area contributed by atoms with Crippen molar-refractivity contribution in [1.29, 1.82) is 0 Å². The Morgan fingerprint density at radius 1 is 0.949 bits per heavy atom. The van der Waals surface area contributed by atoms with E-state index in [4.69, 9.17) is 0 Å². The third-order valence-electron chi connectivity index (χ3n) is 6.34. The molecule has 3 aromatic rings. The maximum Gasteiger partial charge on any atom is 0.244 e. The Balaban J connectivity index is 2.06. The third-order valence-corrected chi connectivity index (χ3v) is 7.99. The zero-order valence-corrected chi connectivity index (χ0v) is 24.6. The van der Waals surface area contributed by atoms with E-state index in [1.807, 2.05) is 68.4 Å². The van der Waals surface area contributed by atoms with Crippen LogP contribution in [-0.4, -0.2) is 50.0 Å². The fourth-order valence-corrected chi connectivity index (χ4v) is 5.14. The van der Waals surface area contributed by atoms with Crippen molar-refractivity contribution in [3.8, 4) is 0 Å². The number of carbonyl (C=O) groups is 2. The van der Waals surface area contributed by atoms with Gasteiger partial charge in [-0.3, -0.25) is 13.9 Å². The summed E-state index contributed by atoms with van der Waals surface area (Å²) in [4.78, 5) is 28.9. The van der Waals surface area contributed by atoms with Gasteiger partial charge in [0.15, 0.2) is 0 Å². The van der Waals surface area contributed by atoms with Crippen LogP contribution in [0.2, 0.25) is 0 Å². The largest absolute Gasteiger partial charge is 0.352 e. The Morgan fingerprint density at radius 3 is 2.15 bits per heavy atom. The van der Waals surface area contributed by atoms with Gasteiger partial charge in [0.1, 0.15) is 18.4 Å². The summed E-state index contributed by atoms with van der Waals surface area (Å²) >= 11 is 3.41. The summed E-state index contributed by atoms with van der Waals surface area (Å²) in [5, 5.41) is 2.97. The van der Waals surface area contributed by atoms with Crippen LogP contribution in [0.25, 0.3) is 0 Å². The maximum absolute atomic E-state index is 14.7. The Kier molecular flexibility index (Phi) is 10.7. The van der Waals surface area contributed by atoms with E-state index in [1.165, 1.54) is 23.1 Å². The summed E-state index contributed by atoms with van der Waals surface area (Å²) in [7, 11) is -4.04. The highest BCUT2D eigenvalue weighted by molar-refractivity contribution is 9.10. The van der Waals surface area contributed by atoms with E-state index in [-0.39, 0.29) is 30.6 Å². The van der Waals surface area contributed by atoms with Crippen molar-refractivity contribution >= 4 is 43.5 Å². The molecule has 0 radical (unpaired) electrons.